The monoisotopic (exact) mass is 498 g/mol. The van der Waals surface area contributed by atoms with Crippen LogP contribution in [0.2, 0.25) is 41.5 Å². The second kappa shape index (κ2) is 6.35. The summed E-state index contributed by atoms with van der Waals surface area (Å²) in [7, 11) is -1.81. The predicted octanol–water partition coefficient (Wildman–Crippen LogP) is 6.95. The fraction of sp³-hybridized carbons (Fsp3) is 0.526. The van der Waals surface area contributed by atoms with E-state index in [1.54, 1.807) is 6.56 Å². The predicted molar refractivity (Wildman–Crippen MR) is 125 cm³/mol. The van der Waals surface area contributed by atoms with Gasteiger partial charge >= 0.3 is 140 Å². The fourth-order valence-corrected chi connectivity index (χ4v) is 75.2. The molecule has 0 bridgehead atoms. The normalized spacial score (nSPS) is 21.4. The summed E-state index contributed by atoms with van der Waals surface area (Å²) < 4.78 is 19.8. The zero-order valence-corrected chi connectivity index (χ0v) is 23.3. The van der Waals surface area contributed by atoms with E-state index in [4.69, 9.17) is 6.71 Å². The molecule has 2 aliphatic carbocycles. The molecule has 1 nitrogen and oxygen atoms in total. The second-order valence-corrected chi connectivity index (χ2v) is 65.3. The van der Waals surface area contributed by atoms with Crippen molar-refractivity contribution in [3.63, 3.8) is 0 Å². The third-order valence-electron chi connectivity index (χ3n) is 8.27. The minimum atomic E-state index is -4.97. The van der Waals surface area contributed by atoms with Crippen LogP contribution in [-0.4, -0.2) is 18.5 Å². The van der Waals surface area contributed by atoms with Gasteiger partial charge in [0, 0.05) is 0 Å². The van der Waals surface area contributed by atoms with Crippen molar-refractivity contribution in [1.29, 1.82) is 0 Å². The van der Waals surface area contributed by atoms with Crippen LogP contribution in [0.25, 0.3) is 0 Å². The molecule has 6 heteroatoms. The minimum absolute atomic E-state index is 0. The summed E-state index contributed by atoms with van der Waals surface area (Å²) in [6.45, 7) is 14.5. The number of rotatable bonds is 6. The molecule has 0 amide bonds. The summed E-state index contributed by atoms with van der Waals surface area (Å²) in [4.78, 5) is 0. The number of allylic oxidation sites excluding steroid dienone is 8. The van der Waals surface area contributed by atoms with Gasteiger partial charge in [0.2, 0.25) is 0 Å². The van der Waals surface area contributed by atoms with E-state index in [1.165, 1.54) is 0 Å². The Bertz CT molecular complexity index is 761. The van der Waals surface area contributed by atoms with Gasteiger partial charge in [0.15, 0.2) is 0 Å². The van der Waals surface area contributed by atoms with Gasteiger partial charge in [-0.05, 0) is 0 Å². The number of hydrogen-bond acceptors (Lipinski definition) is 1. The van der Waals surface area contributed by atoms with E-state index in [2.05, 4.69) is 80.7 Å². The molecule has 0 aromatic rings. The average Bonchev–Trinajstić information content (AvgIpc) is 3.12. The molecule has 0 atom stereocenters. The van der Waals surface area contributed by atoms with Crippen molar-refractivity contribution in [1.82, 2.24) is 0 Å². The molecule has 0 aliphatic heterocycles. The maximum atomic E-state index is 7.63. The van der Waals surface area contributed by atoms with Crippen molar-refractivity contribution in [2.45, 2.75) is 61.3 Å². The zero-order valence-electron chi connectivity index (χ0n) is 17.1. The zero-order chi connectivity index (χ0) is 17.7. The van der Waals surface area contributed by atoms with E-state index in [9.17, 15) is 0 Å². The average molecular weight is 501 g/mol. The first-order valence-electron chi connectivity index (χ1n) is 9.20. The molecule has 146 valence electrons. The van der Waals surface area contributed by atoms with Crippen molar-refractivity contribution < 1.29 is 17.4 Å². The van der Waals surface area contributed by atoms with Crippen molar-refractivity contribution in [2.75, 3.05) is 0 Å². The summed E-state index contributed by atoms with van der Waals surface area (Å²) in [5.74, 6) is -1.32. The van der Waals surface area contributed by atoms with Crippen LogP contribution in [0.15, 0.2) is 43.0 Å². The summed E-state index contributed by atoms with van der Waals surface area (Å²) in [5, 5.41) is 0. The van der Waals surface area contributed by atoms with E-state index >= 15 is 0 Å². The van der Waals surface area contributed by atoms with E-state index < -0.39 is 29.2 Å². The van der Waals surface area contributed by atoms with Crippen molar-refractivity contribution in [3.8, 4) is 0 Å². The Morgan fingerprint density at radius 3 is 1.64 bits per heavy atom. The van der Waals surface area contributed by atoms with E-state index in [0.29, 0.717) is 0 Å². The third kappa shape index (κ3) is 2.94. The van der Waals surface area contributed by atoms with Crippen LogP contribution in [0.3, 0.4) is 0 Å². The molecule has 0 fully saturated rings. The SMILES string of the molecule is Cl.Cl.[CH2]=[Zr]([CH3])([CH2]C)([O][Si](C)(C)C)([C]1=CC=CC1)([C]1=CC=CC1)[SiH](C)C. The van der Waals surface area contributed by atoms with Gasteiger partial charge in [0.05, 0.1) is 0 Å². The maximum absolute atomic E-state index is 7.63. The van der Waals surface area contributed by atoms with Crippen LogP contribution in [0.4, 0.5) is 0 Å². The van der Waals surface area contributed by atoms with Crippen molar-refractivity contribution in [3.05, 3.63) is 43.0 Å². The summed E-state index contributed by atoms with van der Waals surface area (Å²) in [6, 6.07) is 0. The van der Waals surface area contributed by atoms with Gasteiger partial charge in [-0.15, -0.1) is 24.8 Å². The summed E-state index contributed by atoms with van der Waals surface area (Å²) in [5.41, 5.74) is 0. The summed E-state index contributed by atoms with van der Waals surface area (Å²) >= 11 is -4.97. The first-order chi connectivity index (χ1) is 10.3. The van der Waals surface area contributed by atoms with Gasteiger partial charge in [0.25, 0.3) is 0 Å². The molecule has 25 heavy (non-hydrogen) atoms. The third-order valence-corrected chi connectivity index (χ3v) is 86.6. The van der Waals surface area contributed by atoms with Crippen molar-refractivity contribution in [2.24, 2.45) is 0 Å². The molecule has 0 N–H and O–H groups in total. The fourth-order valence-electron chi connectivity index (χ4n) is 5.69. The quantitative estimate of drug-likeness (QED) is 0.359. The Balaban J connectivity index is 0.00000288. The molecule has 0 unspecified atom stereocenters. The Labute approximate surface area is 163 Å². The van der Waals surface area contributed by atoms with Gasteiger partial charge < -0.3 is 0 Å². The van der Waals surface area contributed by atoms with Crippen LogP contribution in [0, 0.1) is 0 Å². The standard InChI is InChI=1S/2C5H5.C3H9OSi.C2H7Si.C2H5.CH3.CH2.2ClH.Zr/c2*1-2-4-5-3-1;1-5(2,3)4;1-3-2;1-2;;;;;/h2*1-3H,4H2;1-3H3;3H,1-2H3;1H2,2H3;1H3;1H2;2*1H;/q;;-1;;;;;;;+1. The first kappa shape index (κ1) is 25.7. The van der Waals surface area contributed by atoms with Crippen molar-refractivity contribution >= 4 is 43.3 Å². The summed E-state index contributed by atoms with van der Waals surface area (Å²) in [6.07, 6.45) is 15.9. The molecule has 0 aromatic carbocycles. The first-order valence-corrected chi connectivity index (χ1v) is 29.1. The van der Waals surface area contributed by atoms with Gasteiger partial charge in [-0.2, -0.15) is 0 Å². The van der Waals surface area contributed by atoms with Crippen LogP contribution < -0.4 is 0 Å². The van der Waals surface area contributed by atoms with E-state index in [1.807, 2.05) is 0 Å². The van der Waals surface area contributed by atoms with Crippen LogP contribution in [0.5, 0.6) is 0 Å². The molecule has 0 spiro atoms. The molecular weight excluding hydrogens is 463 g/mol. The molecule has 0 radical (unpaired) electrons. The molecule has 2 aliphatic rings. The van der Waals surface area contributed by atoms with Gasteiger partial charge in [-0.3, -0.25) is 0 Å². The molecule has 0 saturated heterocycles. The Kier molecular flexibility index (Phi) is 6.53. The van der Waals surface area contributed by atoms with Gasteiger partial charge in [-0.25, -0.2) is 0 Å². The van der Waals surface area contributed by atoms with Gasteiger partial charge in [0.1, 0.15) is 0 Å². The second-order valence-electron chi connectivity index (χ2n) is 10.5. The van der Waals surface area contributed by atoms with E-state index in [0.717, 1.165) is 17.0 Å². The topological polar surface area (TPSA) is 9.23 Å². The van der Waals surface area contributed by atoms with Gasteiger partial charge in [-0.1, -0.05) is 0 Å². The Morgan fingerprint density at radius 2 is 1.44 bits per heavy atom. The number of hydrogen-bond donors (Lipinski definition) is 0. The molecule has 0 aromatic heterocycles. The van der Waals surface area contributed by atoms with Crippen LogP contribution in [-0.2, 0) is 17.4 Å². The molecule has 2 rings (SSSR count). The van der Waals surface area contributed by atoms with E-state index in [-0.39, 0.29) is 24.8 Å². The number of halogens is 2. The Hall–Kier alpha value is 0.687. The molecule has 0 heterocycles. The molecule has 0 saturated carbocycles. The van der Waals surface area contributed by atoms with Crippen LogP contribution in [0.1, 0.15) is 19.8 Å². The Morgan fingerprint density at radius 1 is 1.04 bits per heavy atom. The molecular formula is C19H38Cl2OSi2Zr. The van der Waals surface area contributed by atoms with Crippen LogP contribution >= 0.6 is 24.8 Å².